The Balaban J connectivity index is 0.00000289. The summed E-state index contributed by atoms with van der Waals surface area (Å²) < 4.78 is 26.3. The molecule has 1 atom stereocenters. The zero-order chi connectivity index (χ0) is 23.4. The number of halogens is 2. The van der Waals surface area contributed by atoms with E-state index in [0.717, 1.165) is 56.6 Å². The Bertz CT molecular complexity index is 1030. The molecule has 0 radical (unpaired) electrons. The fourth-order valence-corrected chi connectivity index (χ4v) is 5.53. The number of likely N-dealkylation sites (tertiary alicyclic amines) is 1. The molecule has 186 valence electrons. The van der Waals surface area contributed by atoms with Gasteiger partial charge in [-0.25, -0.2) is 4.39 Å². The van der Waals surface area contributed by atoms with Gasteiger partial charge in [-0.2, -0.15) is 0 Å². The second-order valence-corrected chi connectivity index (χ2v) is 9.72. The lowest BCUT2D eigenvalue weighted by molar-refractivity contribution is -0.136. The highest BCUT2D eigenvalue weighted by atomic mass is 35.5. The third-order valence-corrected chi connectivity index (χ3v) is 7.66. The van der Waals surface area contributed by atoms with E-state index in [1.165, 1.54) is 23.3 Å². The van der Waals surface area contributed by atoms with Crippen molar-refractivity contribution in [3.8, 4) is 5.75 Å². The monoisotopic (exact) mass is 495 g/mol. The molecule has 0 aliphatic carbocycles. The quantitative estimate of drug-likeness (QED) is 0.367. The van der Waals surface area contributed by atoms with E-state index in [4.69, 9.17) is 9.47 Å². The molecule has 0 saturated carbocycles. The minimum atomic E-state index is -0.303. The van der Waals surface area contributed by atoms with Crippen LogP contribution in [0.2, 0.25) is 0 Å². The lowest BCUT2D eigenvalue weighted by Crippen LogP contribution is -2.53. The van der Waals surface area contributed by atoms with Gasteiger partial charge in [0.2, 0.25) is 0 Å². The second kappa shape index (κ2) is 11.6. The molecule has 0 bridgehead atoms. The van der Waals surface area contributed by atoms with Gasteiger partial charge < -0.3 is 14.4 Å². The normalized spacial score (nSPS) is 19.5. The van der Waals surface area contributed by atoms with Crippen molar-refractivity contribution in [1.82, 2.24) is 4.90 Å². The Morgan fingerprint density at radius 2 is 1.57 bits per heavy atom. The highest BCUT2D eigenvalue weighted by Crippen LogP contribution is 2.38. The van der Waals surface area contributed by atoms with Gasteiger partial charge in [-0.1, -0.05) is 60.7 Å². The summed E-state index contributed by atoms with van der Waals surface area (Å²) in [4.78, 5) is 2.56. The van der Waals surface area contributed by atoms with Gasteiger partial charge in [0.25, 0.3) is 0 Å². The minimum Gasteiger partial charge on any atom is -0.487 e. The highest BCUT2D eigenvalue weighted by Gasteiger charge is 2.43. The predicted molar refractivity (Wildman–Crippen MR) is 141 cm³/mol. The summed E-state index contributed by atoms with van der Waals surface area (Å²) in [5.74, 6) is 0.936. The molecule has 0 aromatic heterocycles. The molecule has 3 nitrogen and oxygen atoms in total. The number of piperidine rings is 1. The number of benzene rings is 3. The largest absolute Gasteiger partial charge is 0.487 e. The first-order valence-electron chi connectivity index (χ1n) is 12.5. The average molecular weight is 496 g/mol. The first-order chi connectivity index (χ1) is 16.6. The van der Waals surface area contributed by atoms with Crippen molar-refractivity contribution >= 4 is 12.4 Å². The topological polar surface area (TPSA) is 21.7 Å². The van der Waals surface area contributed by atoms with Crippen LogP contribution in [-0.4, -0.2) is 36.2 Å². The molecule has 2 aliphatic rings. The molecule has 1 unspecified atom stereocenters. The molecule has 3 aromatic rings. The van der Waals surface area contributed by atoms with E-state index in [2.05, 4.69) is 72.5 Å². The van der Waals surface area contributed by atoms with Crippen LogP contribution in [0.4, 0.5) is 4.39 Å². The number of ether oxygens (including phenoxy) is 2. The van der Waals surface area contributed by atoms with E-state index >= 15 is 0 Å². The number of fused-ring (bicyclic) bond motifs is 1. The molecule has 3 aromatic carbocycles. The molecule has 0 amide bonds. The van der Waals surface area contributed by atoms with E-state index in [-0.39, 0.29) is 29.9 Å². The first-order valence-corrected chi connectivity index (χ1v) is 12.5. The van der Waals surface area contributed by atoms with Crippen molar-refractivity contribution in [3.63, 3.8) is 0 Å². The molecule has 1 saturated heterocycles. The molecule has 5 rings (SSSR count). The van der Waals surface area contributed by atoms with Gasteiger partial charge in [-0.05, 0) is 68.5 Å². The molecule has 0 N–H and O–H groups in total. The van der Waals surface area contributed by atoms with Crippen molar-refractivity contribution in [2.75, 3.05) is 19.6 Å². The summed E-state index contributed by atoms with van der Waals surface area (Å²) in [6.07, 6.45) is 4.10. The molecule has 1 fully saturated rings. The Hall–Kier alpha value is -2.40. The van der Waals surface area contributed by atoms with E-state index in [1.807, 2.05) is 0 Å². The number of rotatable bonds is 6. The fourth-order valence-electron chi connectivity index (χ4n) is 5.53. The fraction of sp³-hybridized carbons (Fsp3) is 0.400. The Morgan fingerprint density at radius 3 is 2.20 bits per heavy atom. The van der Waals surface area contributed by atoms with Crippen LogP contribution in [0.25, 0.3) is 0 Å². The van der Waals surface area contributed by atoms with Crippen molar-refractivity contribution in [2.24, 2.45) is 0 Å². The number of nitrogens with zero attached hydrogens (tertiary/aromatic N) is 1. The maximum absolute atomic E-state index is 13.7. The van der Waals surface area contributed by atoms with E-state index in [1.54, 1.807) is 6.07 Å². The van der Waals surface area contributed by atoms with Gasteiger partial charge in [0, 0.05) is 24.6 Å². The second-order valence-electron chi connectivity index (χ2n) is 9.72. The lowest BCUT2D eigenvalue weighted by Gasteiger charge is -2.43. The molecule has 2 heterocycles. The van der Waals surface area contributed by atoms with Gasteiger partial charge >= 0.3 is 0 Å². The predicted octanol–water partition coefficient (Wildman–Crippen LogP) is 6.99. The maximum Gasteiger partial charge on any atom is 0.125 e. The Labute approximate surface area is 214 Å². The summed E-state index contributed by atoms with van der Waals surface area (Å²) in [5, 5.41) is 0. The SMILES string of the molecule is CC1Oc2ccc(F)cc2COC12CCN(CCCC(c1ccccc1)c1ccccc1)CC2.Cl. The van der Waals surface area contributed by atoms with Crippen molar-refractivity contribution in [1.29, 1.82) is 0 Å². The van der Waals surface area contributed by atoms with Crippen LogP contribution in [0, 0.1) is 5.82 Å². The number of hydrogen-bond donors (Lipinski definition) is 0. The van der Waals surface area contributed by atoms with Gasteiger partial charge in [-0.3, -0.25) is 0 Å². The van der Waals surface area contributed by atoms with Crippen molar-refractivity contribution < 1.29 is 13.9 Å². The van der Waals surface area contributed by atoms with Gasteiger partial charge in [-0.15, -0.1) is 12.4 Å². The molecule has 1 spiro atoms. The molecular weight excluding hydrogens is 461 g/mol. The smallest absolute Gasteiger partial charge is 0.125 e. The molecule has 5 heteroatoms. The number of hydrogen-bond acceptors (Lipinski definition) is 3. The minimum absolute atomic E-state index is 0. The maximum atomic E-state index is 13.7. The van der Waals surface area contributed by atoms with E-state index in [9.17, 15) is 4.39 Å². The van der Waals surface area contributed by atoms with Crippen LogP contribution in [-0.2, 0) is 11.3 Å². The van der Waals surface area contributed by atoms with Crippen molar-refractivity contribution in [2.45, 2.75) is 56.8 Å². The highest BCUT2D eigenvalue weighted by molar-refractivity contribution is 5.85. The summed E-state index contributed by atoms with van der Waals surface area (Å²) in [6.45, 7) is 5.60. The van der Waals surface area contributed by atoms with Crippen molar-refractivity contribution in [3.05, 3.63) is 101 Å². The summed E-state index contributed by atoms with van der Waals surface area (Å²) >= 11 is 0. The molecule has 2 aliphatic heterocycles. The summed E-state index contributed by atoms with van der Waals surface area (Å²) in [5.41, 5.74) is 3.28. The van der Waals surface area contributed by atoms with Crippen LogP contribution < -0.4 is 4.74 Å². The zero-order valence-electron chi connectivity index (χ0n) is 20.4. The third-order valence-electron chi connectivity index (χ3n) is 7.66. The van der Waals surface area contributed by atoms with Gasteiger partial charge in [0.05, 0.1) is 6.61 Å². The zero-order valence-corrected chi connectivity index (χ0v) is 21.2. The molecular formula is C30H35ClFNO2. The first kappa shape index (κ1) is 25.7. The standard InChI is InChI=1S/C30H34FNO2.ClH/c1-23-30(33-22-26-21-27(31)14-15-29(26)34-23)16-19-32(20-17-30)18-8-13-28(24-9-4-2-5-10-24)25-11-6-3-7-12-25;/h2-7,9-12,14-15,21,23,28H,8,13,16-20,22H2,1H3;1H. The van der Waals surface area contributed by atoms with Crippen LogP contribution in [0.1, 0.15) is 55.2 Å². The average Bonchev–Trinajstić information content (AvgIpc) is 3.00. The van der Waals surface area contributed by atoms with Crippen LogP contribution >= 0.6 is 12.4 Å². The lowest BCUT2D eigenvalue weighted by atomic mass is 9.85. The van der Waals surface area contributed by atoms with Crippen LogP contribution in [0.15, 0.2) is 78.9 Å². The Morgan fingerprint density at radius 1 is 0.943 bits per heavy atom. The van der Waals surface area contributed by atoms with Gasteiger partial charge in [0.15, 0.2) is 0 Å². The summed E-state index contributed by atoms with van der Waals surface area (Å²) in [7, 11) is 0. The van der Waals surface area contributed by atoms with E-state index in [0.29, 0.717) is 12.5 Å². The molecule has 35 heavy (non-hydrogen) atoms. The van der Waals surface area contributed by atoms with Crippen LogP contribution in [0.3, 0.4) is 0 Å². The summed E-state index contributed by atoms with van der Waals surface area (Å²) in [6, 6.07) is 26.4. The third kappa shape index (κ3) is 5.88. The van der Waals surface area contributed by atoms with Gasteiger partial charge in [0.1, 0.15) is 23.3 Å². The van der Waals surface area contributed by atoms with Crippen LogP contribution in [0.5, 0.6) is 5.75 Å². The van der Waals surface area contributed by atoms with E-state index < -0.39 is 0 Å². The Kier molecular flexibility index (Phi) is 8.48.